The Bertz CT molecular complexity index is 369. The van der Waals surface area contributed by atoms with Crippen molar-refractivity contribution in [3.8, 4) is 0 Å². The molecule has 2 N–H and O–H groups in total. The Morgan fingerprint density at radius 1 is 1.56 bits per heavy atom. The van der Waals surface area contributed by atoms with Crippen molar-refractivity contribution in [2.45, 2.75) is 26.0 Å². The van der Waals surface area contributed by atoms with Gasteiger partial charge in [0.1, 0.15) is 0 Å². The van der Waals surface area contributed by atoms with E-state index in [2.05, 4.69) is 14.9 Å². The van der Waals surface area contributed by atoms with Crippen LogP contribution in [0.15, 0.2) is 6.07 Å². The summed E-state index contributed by atoms with van der Waals surface area (Å²) in [5, 5.41) is 0. The van der Waals surface area contributed by atoms with Crippen molar-refractivity contribution in [2.24, 2.45) is 5.73 Å². The van der Waals surface area contributed by atoms with Crippen LogP contribution in [0.2, 0.25) is 0 Å². The van der Waals surface area contributed by atoms with Crippen LogP contribution in [0.25, 0.3) is 0 Å². The third-order valence-corrected chi connectivity index (χ3v) is 2.87. The van der Waals surface area contributed by atoms with E-state index in [1.165, 1.54) is 0 Å². The average Bonchev–Trinajstić information content (AvgIpc) is 2.76. The minimum atomic E-state index is 0.297. The van der Waals surface area contributed by atoms with Crippen molar-refractivity contribution < 1.29 is 4.74 Å². The van der Waals surface area contributed by atoms with E-state index in [-0.39, 0.29) is 0 Å². The maximum Gasteiger partial charge on any atom is 0.225 e. The van der Waals surface area contributed by atoms with Crippen molar-refractivity contribution in [1.29, 1.82) is 0 Å². The molecule has 16 heavy (non-hydrogen) atoms. The number of methoxy groups -OCH3 is 1. The molecule has 0 radical (unpaired) electrons. The second-order valence-corrected chi connectivity index (χ2v) is 4.10. The van der Waals surface area contributed by atoms with Gasteiger partial charge in [-0.1, -0.05) is 0 Å². The van der Waals surface area contributed by atoms with Gasteiger partial charge in [-0.05, 0) is 19.4 Å². The molecule has 0 aliphatic carbocycles. The van der Waals surface area contributed by atoms with Crippen LogP contribution in [0.3, 0.4) is 0 Å². The van der Waals surface area contributed by atoms with Gasteiger partial charge in [-0.2, -0.15) is 0 Å². The molecule has 88 valence electrons. The molecule has 1 atom stereocenters. The molecule has 5 heteroatoms. The number of anilines is 1. The highest BCUT2D eigenvalue weighted by Crippen LogP contribution is 2.18. The normalized spacial score (nSPS) is 20.4. The van der Waals surface area contributed by atoms with Gasteiger partial charge in [0.15, 0.2) is 0 Å². The van der Waals surface area contributed by atoms with Gasteiger partial charge < -0.3 is 15.4 Å². The molecule has 1 aliphatic heterocycles. The van der Waals surface area contributed by atoms with E-state index in [9.17, 15) is 0 Å². The van der Waals surface area contributed by atoms with E-state index < -0.39 is 0 Å². The van der Waals surface area contributed by atoms with Crippen LogP contribution in [0.4, 0.5) is 5.95 Å². The first kappa shape index (κ1) is 11.3. The summed E-state index contributed by atoms with van der Waals surface area (Å²) < 4.78 is 5.33. The minimum Gasteiger partial charge on any atom is -0.380 e. The fourth-order valence-corrected chi connectivity index (χ4v) is 1.97. The topological polar surface area (TPSA) is 64.3 Å². The Morgan fingerprint density at radius 2 is 2.38 bits per heavy atom. The van der Waals surface area contributed by atoms with E-state index in [4.69, 9.17) is 10.5 Å². The van der Waals surface area contributed by atoms with Gasteiger partial charge in [0.2, 0.25) is 5.95 Å². The molecule has 1 aliphatic rings. The van der Waals surface area contributed by atoms with Crippen molar-refractivity contribution in [1.82, 2.24) is 9.97 Å². The molecule has 0 spiro atoms. The highest BCUT2D eigenvalue weighted by molar-refractivity contribution is 5.34. The summed E-state index contributed by atoms with van der Waals surface area (Å²) in [5.74, 6) is 0.778. The lowest BCUT2D eigenvalue weighted by Gasteiger charge is -2.17. The van der Waals surface area contributed by atoms with Crippen LogP contribution in [-0.4, -0.2) is 36.3 Å². The zero-order chi connectivity index (χ0) is 11.5. The van der Waals surface area contributed by atoms with Crippen molar-refractivity contribution in [2.75, 3.05) is 25.1 Å². The molecule has 5 nitrogen and oxygen atoms in total. The van der Waals surface area contributed by atoms with Crippen LogP contribution in [0.5, 0.6) is 0 Å². The minimum absolute atomic E-state index is 0.297. The van der Waals surface area contributed by atoms with Crippen molar-refractivity contribution in [3.63, 3.8) is 0 Å². The second-order valence-electron chi connectivity index (χ2n) is 4.10. The van der Waals surface area contributed by atoms with E-state index in [1.807, 2.05) is 13.0 Å². The number of hydrogen-bond donors (Lipinski definition) is 1. The van der Waals surface area contributed by atoms with Crippen LogP contribution in [0.1, 0.15) is 17.8 Å². The van der Waals surface area contributed by atoms with Crippen molar-refractivity contribution >= 4 is 5.95 Å². The predicted molar refractivity (Wildman–Crippen MR) is 62.3 cm³/mol. The summed E-state index contributed by atoms with van der Waals surface area (Å²) in [6.45, 7) is 4.24. The molecular weight excluding hydrogens is 204 g/mol. The molecule has 2 rings (SSSR count). The van der Waals surface area contributed by atoms with Gasteiger partial charge >= 0.3 is 0 Å². The molecule has 1 saturated heterocycles. The van der Waals surface area contributed by atoms with Crippen LogP contribution < -0.4 is 10.6 Å². The first-order chi connectivity index (χ1) is 7.72. The zero-order valence-electron chi connectivity index (χ0n) is 9.81. The van der Waals surface area contributed by atoms with Crippen LogP contribution in [-0.2, 0) is 11.3 Å². The lowest BCUT2D eigenvalue weighted by atomic mass is 10.3. The lowest BCUT2D eigenvalue weighted by molar-refractivity contribution is 0.121. The zero-order valence-corrected chi connectivity index (χ0v) is 9.81. The molecule has 1 fully saturated rings. The summed E-state index contributed by atoms with van der Waals surface area (Å²) in [4.78, 5) is 11.0. The maximum atomic E-state index is 5.61. The number of hydrogen-bond acceptors (Lipinski definition) is 5. The molecule has 0 saturated carbocycles. The van der Waals surface area contributed by atoms with Crippen LogP contribution >= 0.6 is 0 Å². The summed E-state index contributed by atoms with van der Waals surface area (Å²) in [6, 6.07) is 1.92. The Hall–Kier alpha value is -1.20. The SMILES string of the molecule is COC1CCN(c2nc(C)cc(CN)n2)C1. The molecule has 1 aromatic heterocycles. The summed E-state index contributed by atoms with van der Waals surface area (Å²) in [7, 11) is 1.75. The van der Waals surface area contributed by atoms with Gasteiger partial charge in [-0.15, -0.1) is 0 Å². The van der Waals surface area contributed by atoms with Gasteiger partial charge in [-0.3, -0.25) is 0 Å². The smallest absolute Gasteiger partial charge is 0.225 e. The number of aromatic nitrogens is 2. The first-order valence-corrected chi connectivity index (χ1v) is 5.55. The van der Waals surface area contributed by atoms with E-state index in [0.717, 1.165) is 36.8 Å². The molecule has 0 bridgehead atoms. The summed E-state index contributed by atoms with van der Waals surface area (Å²) >= 11 is 0. The van der Waals surface area contributed by atoms with E-state index in [1.54, 1.807) is 7.11 Å². The Balaban J connectivity index is 2.17. The number of ether oxygens (including phenoxy) is 1. The van der Waals surface area contributed by atoms with Gasteiger partial charge in [0, 0.05) is 32.4 Å². The fraction of sp³-hybridized carbons (Fsp3) is 0.636. The quantitative estimate of drug-likeness (QED) is 0.805. The maximum absolute atomic E-state index is 5.61. The third-order valence-electron chi connectivity index (χ3n) is 2.87. The second kappa shape index (κ2) is 4.76. The average molecular weight is 222 g/mol. The Kier molecular flexibility index (Phi) is 3.36. The summed E-state index contributed by atoms with van der Waals surface area (Å²) in [5.41, 5.74) is 7.46. The number of nitrogens with zero attached hydrogens (tertiary/aromatic N) is 3. The molecule has 0 amide bonds. The van der Waals surface area contributed by atoms with Gasteiger partial charge in [-0.25, -0.2) is 9.97 Å². The summed E-state index contributed by atoms with van der Waals surface area (Å²) in [6.07, 6.45) is 1.33. The first-order valence-electron chi connectivity index (χ1n) is 5.55. The van der Waals surface area contributed by atoms with Gasteiger partial charge in [0.05, 0.1) is 11.8 Å². The predicted octanol–water partition coefficient (Wildman–Crippen LogP) is 0.469. The molecule has 0 aromatic carbocycles. The molecule has 1 unspecified atom stereocenters. The highest BCUT2D eigenvalue weighted by Gasteiger charge is 2.24. The largest absolute Gasteiger partial charge is 0.380 e. The van der Waals surface area contributed by atoms with Crippen molar-refractivity contribution in [3.05, 3.63) is 17.5 Å². The van der Waals surface area contributed by atoms with E-state index >= 15 is 0 Å². The van der Waals surface area contributed by atoms with Gasteiger partial charge in [0.25, 0.3) is 0 Å². The molecule has 1 aromatic rings. The Morgan fingerprint density at radius 3 is 3.00 bits per heavy atom. The number of rotatable bonds is 3. The third kappa shape index (κ3) is 2.31. The number of aryl methyl sites for hydroxylation is 1. The lowest BCUT2D eigenvalue weighted by Crippen LogP contribution is -2.25. The standard InChI is InChI=1S/C11H18N4O/c1-8-5-9(6-12)14-11(13-8)15-4-3-10(7-15)16-2/h5,10H,3-4,6-7,12H2,1-2H3. The molecular formula is C11H18N4O. The fourth-order valence-electron chi connectivity index (χ4n) is 1.97. The van der Waals surface area contributed by atoms with Crippen LogP contribution in [0, 0.1) is 6.92 Å². The van der Waals surface area contributed by atoms with E-state index in [0.29, 0.717) is 12.6 Å². The molecule has 2 heterocycles. The number of nitrogens with two attached hydrogens (primary N) is 1. The monoisotopic (exact) mass is 222 g/mol. The Labute approximate surface area is 95.6 Å². The highest BCUT2D eigenvalue weighted by atomic mass is 16.5.